The van der Waals surface area contributed by atoms with Gasteiger partial charge in [0.1, 0.15) is 0 Å². The molecule has 86 valence electrons. The Morgan fingerprint density at radius 2 is 2.07 bits per heavy atom. The Bertz CT molecular complexity index is 240. The first-order valence-corrected chi connectivity index (χ1v) is 4.98. The van der Waals surface area contributed by atoms with Crippen molar-refractivity contribution in [1.29, 1.82) is 0 Å². The predicted octanol–water partition coefficient (Wildman–Crippen LogP) is -1.31. The van der Waals surface area contributed by atoms with Crippen LogP contribution in [0.5, 0.6) is 0 Å². The van der Waals surface area contributed by atoms with Gasteiger partial charge in [0.15, 0.2) is 0 Å². The van der Waals surface area contributed by atoms with Crippen molar-refractivity contribution in [2.75, 3.05) is 13.1 Å². The van der Waals surface area contributed by atoms with Gasteiger partial charge in [-0.25, -0.2) is 0 Å². The molecule has 1 atom stereocenters. The van der Waals surface area contributed by atoms with Gasteiger partial charge in [-0.15, -0.1) is 0 Å². The van der Waals surface area contributed by atoms with Crippen LogP contribution in [-0.4, -0.2) is 47.3 Å². The molecule has 6 nitrogen and oxygen atoms in total. The van der Waals surface area contributed by atoms with Gasteiger partial charge in [0.2, 0.25) is 5.91 Å². The van der Waals surface area contributed by atoms with E-state index >= 15 is 0 Å². The lowest BCUT2D eigenvalue weighted by Crippen LogP contribution is -2.38. The maximum Gasteiger partial charge on any atom is 0.306 e. The molecule has 0 aromatic rings. The van der Waals surface area contributed by atoms with Crippen LogP contribution in [0.1, 0.15) is 19.3 Å². The summed E-state index contributed by atoms with van der Waals surface area (Å²) in [7, 11) is 0. The maximum absolute atomic E-state index is 11.1. The van der Waals surface area contributed by atoms with E-state index in [2.05, 4.69) is 10.6 Å². The summed E-state index contributed by atoms with van der Waals surface area (Å²) in [6.45, 7) is 0.234. The van der Waals surface area contributed by atoms with Crippen molar-refractivity contribution in [3.05, 3.63) is 0 Å². The maximum atomic E-state index is 11.1. The zero-order valence-electron chi connectivity index (χ0n) is 8.40. The van der Waals surface area contributed by atoms with Gasteiger partial charge >= 0.3 is 5.97 Å². The molecule has 1 amide bonds. The second-order valence-electron chi connectivity index (χ2n) is 3.72. The minimum absolute atomic E-state index is 0.111. The van der Waals surface area contributed by atoms with E-state index in [9.17, 15) is 9.59 Å². The summed E-state index contributed by atoms with van der Waals surface area (Å²) in [4.78, 5) is 21.3. The number of carbonyl (C=O) groups is 2. The fourth-order valence-electron chi connectivity index (χ4n) is 1.13. The van der Waals surface area contributed by atoms with Gasteiger partial charge in [-0.05, 0) is 12.8 Å². The highest BCUT2D eigenvalue weighted by Crippen LogP contribution is 2.18. The molecular weight excluding hydrogens is 200 g/mol. The lowest BCUT2D eigenvalue weighted by molar-refractivity contribution is -0.139. The normalized spacial score (nSPS) is 17.1. The first-order chi connectivity index (χ1) is 7.08. The zero-order chi connectivity index (χ0) is 11.3. The summed E-state index contributed by atoms with van der Waals surface area (Å²) in [5.74, 6) is -1.16. The molecule has 1 fully saturated rings. The summed E-state index contributed by atoms with van der Waals surface area (Å²) >= 11 is 0. The van der Waals surface area contributed by atoms with Gasteiger partial charge in [0, 0.05) is 12.6 Å². The smallest absolute Gasteiger partial charge is 0.306 e. The Hall–Kier alpha value is -1.14. The van der Waals surface area contributed by atoms with Crippen molar-refractivity contribution < 1.29 is 19.8 Å². The van der Waals surface area contributed by atoms with Gasteiger partial charge in [-0.2, -0.15) is 0 Å². The number of carboxylic acid groups (broad SMARTS) is 1. The van der Waals surface area contributed by atoms with E-state index < -0.39 is 12.1 Å². The average Bonchev–Trinajstić information content (AvgIpc) is 2.86. The van der Waals surface area contributed by atoms with Crippen LogP contribution in [0.3, 0.4) is 0 Å². The predicted molar refractivity (Wildman–Crippen MR) is 52.3 cm³/mol. The molecule has 1 aliphatic carbocycles. The van der Waals surface area contributed by atoms with E-state index in [4.69, 9.17) is 10.2 Å². The van der Waals surface area contributed by atoms with E-state index in [1.807, 2.05) is 0 Å². The summed E-state index contributed by atoms with van der Waals surface area (Å²) in [6.07, 6.45) is 0.814. The largest absolute Gasteiger partial charge is 0.481 e. The first-order valence-electron chi connectivity index (χ1n) is 4.98. The van der Waals surface area contributed by atoms with Crippen molar-refractivity contribution in [3.8, 4) is 0 Å². The number of hydrogen-bond donors (Lipinski definition) is 4. The highest BCUT2D eigenvalue weighted by molar-refractivity contribution is 5.78. The number of hydrogen-bond acceptors (Lipinski definition) is 4. The third-order valence-electron chi connectivity index (χ3n) is 2.02. The van der Waals surface area contributed by atoms with Crippen LogP contribution < -0.4 is 10.6 Å². The number of aliphatic hydroxyl groups is 1. The molecule has 0 bridgehead atoms. The van der Waals surface area contributed by atoms with E-state index in [0.29, 0.717) is 6.04 Å². The fraction of sp³-hybridized carbons (Fsp3) is 0.778. The third kappa shape index (κ3) is 6.03. The van der Waals surface area contributed by atoms with Crippen molar-refractivity contribution in [1.82, 2.24) is 10.6 Å². The van der Waals surface area contributed by atoms with Crippen molar-refractivity contribution in [2.24, 2.45) is 0 Å². The topological polar surface area (TPSA) is 98.7 Å². The van der Waals surface area contributed by atoms with Crippen molar-refractivity contribution >= 4 is 11.9 Å². The Morgan fingerprint density at radius 3 is 2.60 bits per heavy atom. The summed E-state index contributed by atoms with van der Waals surface area (Å²) in [5.41, 5.74) is 0. The summed E-state index contributed by atoms with van der Waals surface area (Å²) in [5, 5.41) is 23.0. The molecule has 0 aromatic heterocycles. The fourth-order valence-corrected chi connectivity index (χ4v) is 1.13. The van der Waals surface area contributed by atoms with Gasteiger partial charge in [0.05, 0.1) is 19.1 Å². The molecule has 1 saturated carbocycles. The highest BCUT2D eigenvalue weighted by Gasteiger charge is 2.22. The second kappa shape index (κ2) is 5.67. The van der Waals surface area contributed by atoms with E-state index in [1.165, 1.54) is 0 Å². The standard InChI is InChI=1S/C9H16N2O4/c12-7(3-9(14)15)4-10-5-8(13)11-6-1-2-6/h6-7,10,12H,1-5H2,(H,11,13)(H,14,15). The number of carbonyl (C=O) groups excluding carboxylic acids is 1. The molecular formula is C9H16N2O4. The molecule has 1 aliphatic rings. The molecule has 4 N–H and O–H groups in total. The van der Waals surface area contributed by atoms with E-state index in [0.717, 1.165) is 12.8 Å². The van der Waals surface area contributed by atoms with E-state index in [1.54, 1.807) is 0 Å². The lowest BCUT2D eigenvalue weighted by atomic mass is 10.2. The van der Waals surface area contributed by atoms with Crippen LogP contribution in [0, 0.1) is 0 Å². The number of amides is 1. The monoisotopic (exact) mass is 216 g/mol. The van der Waals surface area contributed by atoms with Crippen LogP contribution >= 0.6 is 0 Å². The second-order valence-corrected chi connectivity index (χ2v) is 3.72. The van der Waals surface area contributed by atoms with E-state index in [-0.39, 0.29) is 25.4 Å². The molecule has 1 rings (SSSR count). The highest BCUT2D eigenvalue weighted by atomic mass is 16.4. The van der Waals surface area contributed by atoms with Crippen LogP contribution in [0.2, 0.25) is 0 Å². The quantitative estimate of drug-likeness (QED) is 0.423. The molecule has 15 heavy (non-hydrogen) atoms. The minimum Gasteiger partial charge on any atom is -0.481 e. The molecule has 6 heteroatoms. The van der Waals surface area contributed by atoms with Crippen molar-refractivity contribution in [2.45, 2.75) is 31.4 Å². The molecule has 0 spiro atoms. The Kier molecular flexibility index (Phi) is 4.51. The van der Waals surface area contributed by atoms with Gasteiger partial charge in [-0.3, -0.25) is 9.59 Å². The molecule has 0 aliphatic heterocycles. The molecule has 0 heterocycles. The number of nitrogens with one attached hydrogen (secondary N) is 2. The SMILES string of the molecule is O=C(O)CC(O)CNCC(=O)NC1CC1. The molecule has 0 saturated heterocycles. The van der Waals surface area contributed by atoms with Crippen LogP contribution in [0.15, 0.2) is 0 Å². The lowest BCUT2D eigenvalue weighted by Gasteiger charge is -2.09. The van der Waals surface area contributed by atoms with Gasteiger partial charge < -0.3 is 20.8 Å². The minimum atomic E-state index is -1.05. The van der Waals surface area contributed by atoms with Crippen LogP contribution in [0.4, 0.5) is 0 Å². The summed E-state index contributed by atoms with van der Waals surface area (Å²) < 4.78 is 0. The number of aliphatic carboxylic acids is 1. The molecule has 1 unspecified atom stereocenters. The van der Waals surface area contributed by atoms with Crippen molar-refractivity contribution in [3.63, 3.8) is 0 Å². The van der Waals surface area contributed by atoms with Gasteiger partial charge in [-0.1, -0.05) is 0 Å². The number of aliphatic hydroxyl groups excluding tert-OH is 1. The zero-order valence-corrected chi connectivity index (χ0v) is 8.40. The molecule has 0 aromatic carbocycles. The third-order valence-corrected chi connectivity index (χ3v) is 2.02. The van der Waals surface area contributed by atoms with Crippen LogP contribution in [-0.2, 0) is 9.59 Å². The molecule has 0 radical (unpaired) electrons. The Morgan fingerprint density at radius 1 is 1.40 bits per heavy atom. The Labute approximate surface area is 87.7 Å². The number of carboxylic acids is 1. The van der Waals surface area contributed by atoms with Gasteiger partial charge in [0.25, 0.3) is 0 Å². The number of rotatable bonds is 7. The van der Waals surface area contributed by atoms with Crippen LogP contribution in [0.25, 0.3) is 0 Å². The Balaban J connectivity index is 1.99. The summed E-state index contributed by atoms with van der Waals surface area (Å²) in [6, 6.07) is 0.322. The average molecular weight is 216 g/mol. The first kappa shape index (κ1) is 11.9.